The summed E-state index contributed by atoms with van der Waals surface area (Å²) in [5, 5.41) is 4.64. The lowest BCUT2D eigenvalue weighted by Gasteiger charge is -2.11. The molecule has 0 spiro atoms. The molecule has 5 nitrogen and oxygen atoms in total. The molecular weight excluding hydrogens is 250 g/mol. The van der Waals surface area contributed by atoms with Gasteiger partial charge in [0.05, 0.1) is 0 Å². The van der Waals surface area contributed by atoms with Gasteiger partial charge in [0.2, 0.25) is 0 Å². The molecule has 1 fully saturated rings. The minimum atomic E-state index is -0.326. The lowest BCUT2D eigenvalue weighted by molar-refractivity contribution is 0.0934. The number of nitrogens with zero attached hydrogens (tertiary/aromatic N) is 2. The molecule has 1 amide bonds. The van der Waals surface area contributed by atoms with Gasteiger partial charge in [-0.25, -0.2) is 4.98 Å². The van der Waals surface area contributed by atoms with Crippen LogP contribution in [0.5, 0.6) is 0 Å². The number of hydrogen-bond acceptors (Lipinski definition) is 4. The summed E-state index contributed by atoms with van der Waals surface area (Å²) in [6.07, 6.45) is 5.31. The van der Waals surface area contributed by atoms with Crippen molar-refractivity contribution in [2.45, 2.75) is 25.8 Å². The monoisotopic (exact) mass is 263 g/mol. The molecule has 1 saturated carbocycles. The summed E-state index contributed by atoms with van der Waals surface area (Å²) >= 11 is 1.37. The highest BCUT2D eigenvalue weighted by Crippen LogP contribution is 2.32. The van der Waals surface area contributed by atoms with Crippen molar-refractivity contribution in [3.05, 3.63) is 33.7 Å². The maximum atomic E-state index is 12.1. The summed E-state index contributed by atoms with van der Waals surface area (Å²) in [6, 6.07) is 0.125. The third-order valence-corrected chi connectivity index (χ3v) is 4.05. The van der Waals surface area contributed by atoms with Crippen LogP contribution in [0.4, 0.5) is 0 Å². The van der Waals surface area contributed by atoms with Crippen molar-refractivity contribution in [1.82, 2.24) is 14.7 Å². The number of rotatable bonds is 3. The lowest BCUT2D eigenvalue weighted by atomic mass is 10.2. The molecule has 1 atom stereocenters. The molecule has 0 saturated heterocycles. The SMILES string of the molecule is CC(NC(=O)c1cnc2sccn2c1=O)C1CC1. The number of thiazole rings is 1. The highest BCUT2D eigenvalue weighted by Gasteiger charge is 2.29. The van der Waals surface area contributed by atoms with Gasteiger partial charge in [0, 0.05) is 23.8 Å². The van der Waals surface area contributed by atoms with Gasteiger partial charge < -0.3 is 5.32 Å². The van der Waals surface area contributed by atoms with Crippen LogP contribution in [-0.2, 0) is 0 Å². The Labute approximate surface area is 107 Å². The van der Waals surface area contributed by atoms with Crippen LogP contribution in [0.1, 0.15) is 30.1 Å². The molecule has 6 heteroatoms. The first-order valence-electron chi connectivity index (χ1n) is 5.92. The first-order valence-corrected chi connectivity index (χ1v) is 6.80. The molecule has 1 N–H and O–H groups in total. The van der Waals surface area contributed by atoms with Crippen molar-refractivity contribution in [3.8, 4) is 0 Å². The summed E-state index contributed by atoms with van der Waals surface area (Å²) in [5.41, 5.74) is -0.194. The molecule has 3 rings (SSSR count). The summed E-state index contributed by atoms with van der Waals surface area (Å²) < 4.78 is 1.40. The average Bonchev–Trinajstić information content (AvgIpc) is 3.08. The molecule has 94 valence electrons. The van der Waals surface area contributed by atoms with Gasteiger partial charge in [-0.2, -0.15) is 0 Å². The number of carbonyl (C=O) groups is 1. The van der Waals surface area contributed by atoms with Crippen LogP contribution in [0.3, 0.4) is 0 Å². The average molecular weight is 263 g/mol. The Kier molecular flexibility index (Phi) is 2.66. The molecule has 0 aromatic carbocycles. The van der Waals surface area contributed by atoms with Crippen LogP contribution in [0.15, 0.2) is 22.6 Å². The van der Waals surface area contributed by atoms with Crippen molar-refractivity contribution in [1.29, 1.82) is 0 Å². The lowest BCUT2D eigenvalue weighted by Crippen LogP contribution is -2.37. The van der Waals surface area contributed by atoms with Gasteiger partial charge >= 0.3 is 0 Å². The Hall–Kier alpha value is -1.69. The Morgan fingerprint density at radius 2 is 2.39 bits per heavy atom. The molecule has 1 aliphatic rings. The van der Waals surface area contributed by atoms with Crippen molar-refractivity contribution in [2.24, 2.45) is 5.92 Å². The summed E-state index contributed by atoms with van der Waals surface area (Å²) in [6.45, 7) is 1.98. The van der Waals surface area contributed by atoms with E-state index in [2.05, 4.69) is 10.3 Å². The van der Waals surface area contributed by atoms with Crippen LogP contribution in [0.2, 0.25) is 0 Å². The predicted molar refractivity (Wildman–Crippen MR) is 69.0 cm³/mol. The van der Waals surface area contributed by atoms with Crippen LogP contribution in [0, 0.1) is 5.92 Å². The minimum Gasteiger partial charge on any atom is -0.349 e. The third-order valence-electron chi connectivity index (χ3n) is 3.28. The first-order chi connectivity index (χ1) is 8.66. The number of hydrogen-bond donors (Lipinski definition) is 1. The van der Waals surface area contributed by atoms with Gasteiger partial charge in [-0.1, -0.05) is 0 Å². The predicted octanol–water partition coefficient (Wildman–Crippen LogP) is 1.28. The van der Waals surface area contributed by atoms with Crippen molar-refractivity contribution in [2.75, 3.05) is 0 Å². The van der Waals surface area contributed by atoms with E-state index >= 15 is 0 Å². The Balaban J connectivity index is 1.90. The number of fused-ring (bicyclic) bond motifs is 1. The Morgan fingerprint density at radius 3 is 3.11 bits per heavy atom. The molecule has 2 heterocycles. The zero-order chi connectivity index (χ0) is 12.7. The van der Waals surface area contributed by atoms with Crippen LogP contribution in [0.25, 0.3) is 4.96 Å². The molecule has 0 radical (unpaired) electrons. The highest BCUT2D eigenvalue weighted by molar-refractivity contribution is 7.15. The van der Waals surface area contributed by atoms with E-state index in [1.165, 1.54) is 21.9 Å². The van der Waals surface area contributed by atoms with Crippen molar-refractivity contribution in [3.63, 3.8) is 0 Å². The fraction of sp³-hybridized carbons (Fsp3) is 0.417. The van der Waals surface area contributed by atoms with Crippen molar-refractivity contribution < 1.29 is 4.79 Å². The maximum absolute atomic E-state index is 12.1. The molecule has 0 aliphatic heterocycles. The third kappa shape index (κ3) is 1.92. The van der Waals surface area contributed by atoms with E-state index < -0.39 is 0 Å². The van der Waals surface area contributed by atoms with Crippen LogP contribution in [-0.4, -0.2) is 21.3 Å². The van der Waals surface area contributed by atoms with E-state index in [9.17, 15) is 9.59 Å². The zero-order valence-corrected chi connectivity index (χ0v) is 10.7. The van der Waals surface area contributed by atoms with E-state index in [0.29, 0.717) is 10.9 Å². The molecule has 18 heavy (non-hydrogen) atoms. The molecule has 0 bridgehead atoms. The molecule has 2 aromatic heterocycles. The first kappa shape index (κ1) is 11.4. The second-order valence-corrected chi connectivity index (χ2v) is 5.51. The molecular formula is C12H13N3O2S. The topological polar surface area (TPSA) is 63.5 Å². The molecule has 2 aromatic rings. The molecule has 1 unspecified atom stereocenters. The van der Waals surface area contributed by atoms with Gasteiger partial charge in [0.15, 0.2) is 4.96 Å². The standard InChI is InChI=1S/C12H13N3O2S/c1-7(8-2-3-8)14-10(16)9-6-13-12-15(11(9)17)4-5-18-12/h4-8H,2-3H2,1H3,(H,14,16). The van der Waals surface area contributed by atoms with Crippen LogP contribution >= 0.6 is 11.3 Å². The number of carbonyl (C=O) groups excluding carboxylic acids is 1. The van der Waals surface area contributed by atoms with E-state index in [1.807, 2.05) is 6.92 Å². The van der Waals surface area contributed by atoms with E-state index in [-0.39, 0.29) is 23.1 Å². The second-order valence-electron chi connectivity index (χ2n) is 4.63. The number of aromatic nitrogens is 2. The normalized spacial score (nSPS) is 16.7. The van der Waals surface area contributed by atoms with Gasteiger partial charge in [-0.05, 0) is 25.7 Å². The number of amides is 1. The van der Waals surface area contributed by atoms with E-state index in [1.54, 1.807) is 11.6 Å². The Morgan fingerprint density at radius 1 is 1.61 bits per heavy atom. The zero-order valence-electron chi connectivity index (χ0n) is 9.92. The largest absolute Gasteiger partial charge is 0.349 e. The van der Waals surface area contributed by atoms with Gasteiger partial charge in [0.25, 0.3) is 11.5 Å². The second kappa shape index (κ2) is 4.20. The smallest absolute Gasteiger partial charge is 0.271 e. The summed E-state index contributed by atoms with van der Waals surface area (Å²) in [7, 11) is 0. The fourth-order valence-electron chi connectivity index (χ4n) is 1.98. The van der Waals surface area contributed by atoms with E-state index in [4.69, 9.17) is 0 Å². The van der Waals surface area contributed by atoms with Crippen molar-refractivity contribution >= 4 is 22.2 Å². The van der Waals surface area contributed by atoms with Gasteiger partial charge in [-0.3, -0.25) is 14.0 Å². The maximum Gasteiger partial charge on any atom is 0.271 e. The fourth-order valence-corrected chi connectivity index (χ4v) is 2.65. The van der Waals surface area contributed by atoms with Crippen LogP contribution < -0.4 is 10.9 Å². The van der Waals surface area contributed by atoms with Gasteiger partial charge in [-0.15, -0.1) is 11.3 Å². The summed E-state index contributed by atoms with van der Waals surface area (Å²) in [4.78, 5) is 28.8. The number of nitrogens with one attached hydrogen (secondary N) is 1. The quantitative estimate of drug-likeness (QED) is 0.907. The Bertz CT molecular complexity index is 657. The van der Waals surface area contributed by atoms with E-state index in [0.717, 1.165) is 12.8 Å². The summed E-state index contributed by atoms with van der Waals surface area (Å²) in [5.74, 6) is 0.238. The molecule has 1 aliphatic carbocycles. The van der Waals surface area contributed by atoms with Gasteiger partial charge in [0.1, 0.15) is 5.56 Å². The minimum absolute atomic E-state index is 0.110. The highest BCUT2D eigenvalue weighted by atomic mass is 32.1.